The number of piperidine rings is 1. The maximum atomic E-state index is 9.62. The smallest absolute Gasteiger partial charge is 0.110 e. The highest BCUT2D eigenvalue weighted by atomic mass is 16.5. The average molecular weight is 302 g/mol. The third kappa shape index (κ3) is 1.93. The molecule has 0 amide bonds. The van der Waals surface area contributed by atoms with Crippen molar-refractivity contribution < 1.29 is 14.9 Å². The van der Waals surface area contributed by atoms with Crippen LogP contribution in [0.4, 0.5) is 0 Å². The monoisotopic (exact) mass is 302 g/mol. The molecule has 1 aromatic carbocycles. The standard InChI is InChI=1S/C17H22N2O3/c20-4-5-22-17-7-11(10-21)8-19-15(17)6-12-9-18-14-3-1-2-13(17)16(12)14/h1-3,9,11,15,18-21H,4-8,10H2/t11-,15-,17+/m1/s1. The molecule has 3 atom stereocenters. The third-order valence-corrected chi connectivity index (χ3v) is 5.18. The van der Waals surface area contributed by atoms with E-state index >= 15 is 0 Å². The fraction of sp³-hybridized carbons (Fsp3) is 0.529. The largest absolute Gasteiger partial charge is 0.396 e. The van der Waals surface area contributed by atoms with Crippen LogP contribution in [0, 0.1) is 5.92 Å². The summed E-state index contributed by atoms with van der Waals surface area (Å²) in [5.74, 6) is 0.172. The first-order chi connectivity index (χ1) is 10.8. The molecular formula is C17H22N2O3. The van der Waals surface area contributed by atoms with Crippen molar-refractivity contribution in [3.63, 3.8) is 0 Å². The van der Waals surface area contributed by atoms with Gasteiger partial charge in [0.2, 0.25) is 0 Å². The van der Waals surface area contributed by atoms with E-state index in [9.17, 15) is 10.2 Å². The lowest BCUT2D eigenvalue weighted by Gasteiger charge is -2.49. The van der Waals surface area contributed by atoms with Crippen molar-refractivity contribution in [3.05, 3.63) is 35.5 Å². The van der Waals surface area contributed by atoms with Gasteiger partial charge in [-0.05, 0) is 36.0 Å². The summed E-state index contributed by atoms with van der Waals surface area (Å²) in [6.45, 7) is 1.28. The lowest BCUT2D eigenvalue weighted by molar-refractivity contribution is -0.120. The molecule has 118 valence electrons. The van der Waals surface area contributed by atoms with E-state index in [2.05, 4.69) is 28.6 Å². The molecule has 5 nitrogen and oxygen atoms in total. The van der Waals surface area contributed by atoms with Crippen LogP contribution in [0.1, 0.15) is 17.5 Å². The van der Waals surface area contributed by atoms with Crippen LogP contribution in [-0.2, 0) is 16.8 Å². The second kappa shape index (κ2) is 5.35. The van der Waals surface area contributed by atoms with Crippen LogP contribution < -0.4 is 5.32 Å². The van der Waals surface area contributed by atoms with Gasteiger partial charge in [0, 0.05) is 36.3 Å². The Balaban J connectivity index is 1.88. The minimum absolute atomic E-state index is 0.00817. The number of aromatic amines is 1. The van der Waals surface area contributed by atoms with Gasteiger partial charge in [-0.15, -0.1) is 0 Å². The highest BCUT2D eigenvalue weighted by Gasteiger charge is 2.49. The lowest BCUT2D eigenvalue weighted by atomic mass is 9.69. The average Bonchev–Trinajstić information content (AvgIpc) is 2.97. The van der Waals surface area contributed by atoms with Gasteiger partial charge in [-0.3, -0.25) is 0 Å². The molecule has 2 aliphatic rings. The molecule has 4 rings (SSSR count). The topological polar surface area (TPSA) is 77.5 Å². The van der Waals surface area contributed by atoms with E-state index in [1.807, 2.05) is 6.07 Å². The van der Waals surface area contributed by atoms with Gasteiger partial charge in [0.15, 0.2) is 0 Å². The molecule has 5 heteroatoms. The Labute approximate surface area is 129 Å². The minimum Gasteiger partial charge on any atom is -0.396 e. The molecular weight excluding hydrogens is 280 g/mol. The van der Waals surface area contributed by atoms with Gasteiger partial charge >= 0.3 is 0 Å². The quantitative estimate of drug-likeness (QED) is 0.677. The van der Waals surface area contributed by atoms with Gasteiger partial charge in [0.05, 0.1) is 13.2 Å². The molecule has 0 saturated carbocycles. The number of H-pyrrole nitrogens is 1. The summed E-state index contributed by atoms with van der Waals surface area (Å²) in [4.78, 5) is 3.35. The number of hydrogen-bond donors (Lipinski definition) is 4. The minimum atomic E-state index is -0.469. The number of aliphatic hydroxyl groups is 2. The van der Waals surface area contributed by atoms with Gasteiger partial charge in [-0.25, -0.2) is 0 Å². The van der Waals surface area contributed by atoms with Crippen molar-refractivity contribution >= 4 is 10.9 Å². The molecule has 0 spiro atoms. The van der Waals surface area contributed by atoms with Gasteiger partial charge < -0.3 is 25.3 Å². The molecule has 2 aromatic rings. The zero-order valence-electron chi connectivity index (χ0n) is 12.5. The van der Waals surface area contributed by atoms with E-state index in [-0.39, 0.29) is 25.2 Å². The van der Waals surface area contributed by atoms with E-state index in [0.29, 0.717) is 6.61 Å². The summed E-state index contributed by atoms with van der Waals surface area (Å²) in [6.07, 6.45) is 3.77. The Morgan fingerprint density at radius 1 is 1.32 bits per heavy atom. The second-order valence-electron chi connectivity index (χ2n) is 6.42. The zero-order valence-corrected chi connectivity index (χ0v) is 12.5. The Morgan fingerprint density at radius 2 is 2.23 bits per heavy atom. The van der Waals surface area contributed by atoms with E-state index in [1.54, 1.807) is 0 Å². The molecule has 1 fully saturated rings. The maximum Gasteiger partial charge on any atom is 0.110 e. The molecule has 4 N–H and O–H groups in total. The van der Waals surface area contributed by atoms with Crippen molar-refractivity contribution in [3.8, 4) is 0 Å². The van der Waals surface area contributed by atoms with Crippen molar-refractivity contribution in [2.45, 2.75) is 24.5 Å². The van der Waals surface area contributed by atoms with Gasteiger partial charge in [0.1, 0.15) is 5.60 Å². The Morgan fingerprint density at radius 3 is 3.05 bits per heavy atom. The van der Waals surface area contributed by atoms with Gasteiger partial charge in [0.25, 0.3) is 0 Å². The molecule has 1 aliphatic heterocycles. The summed E-state index contributed by atoms with van der Waals surface area (Å²) in [6, 6.07) is 6.44. The second-order valence-corrected chi connectivity index (χ2v) is 6.42. The SMILES string of the molecule is OCCO[C@]12C[C@@H](CO)CN[C@@H]1Cc1c[nH]c3cccc2c13. The van der Waals surface area contributed by atoms with E-state index < -0.39 is 5.60 Å². The van der Waals surface area contributed by atoms with Crippen LogP contribution in [0.15, 0.2) is 24.4 Å². The summed E-state index contributed by atoms with van der Waals surface area (Å²) in [7, 11) is 0. The molecule has 22 heavy (non-hydrogen) atoms. The van der Waals surface area contributed by atoms with Crippen LogP contribution >= 0.6 is 0 Å². The Bertz CT molecular complexity index is 684. The van der Waals surface area contributed by atoms with E-state index in [4.69, 9.17) is 4.74 Å². The molecule has 0 unspecified atom stereocenters. The van der Waals surface area contributed by atoms with Crippen LogP contribution in [0.5, 0.6) is 0 Å². The highest BCUT2D eigenvalue weighted by molar-refractivity contribution is 5.88. The van der Waals surface area contributed by atoms with Crippen molar-refractivity contribution in [2.75, 3.05) is 26.4 Å². The fourth-order valence-corrected chi connectivity index (χ4v) is 4.24. The van der Waals surface area contributed by atoms with Crippen molar-refractivity contribution in [2.24, 2.45) is 5.92 Å². The van der Waals surface area contributed by atoms with Gasteiger partial charge in [-0.2, -0.15) is 0 Å². The number of aromatic nitrogens is 1. The molecule has 2 heterocycles. The number of hydrogen-bond acceptors (Lipinski definition) is 4. The number of fused-ring (bicyclic) bond motifs is 2. The lowest BCUT2D eigenvalue weighted by Crippen LogP contribution is -2.60. The number of benzene rings is 1. The number of ether oxygens (including phenoxy) is 1. The number of rotatable bonds is 4. The van der Waals surface area contributed by atoms with Crippen molar-refractivity contribution in [1.82, 2.24) is 10.3 Å². The maximum absolute atomic E-state index is 9.62. The van der Waals surface area contributed by atoms with Crippen LogP contribution in [0.25, 0.3) is 10.9 Å². The predicted octanol–water partition coefficient (Wildman–Crippen LogP) is 0.899. The van der Waals surface area contributed by atoms with Crippen molar-refractivity contribution in [1.29, 1.82) is 0 Å². The first kappa shape index (κ1) is 14.2. The molecule has 0 bridgehead atoms. The van der Waals surface area contributed by atoms with E-state index in [0.717, 1.165) is 24.9 Å². The first-order valence-corrected chi connectivity index (χ1v) is 7.97. The normalized spacial score (nSPS) is 30.5. The first-order valence-electron chi connectivity index (χ1n) is 7.97. The van der Waals surface area contributed by atoms with Crippen LogP contribution in [-0.4, -0.2) is 47.6 Å². The van der Waals surface area contributed by atoms with Crippen LogP contribution in [0.3, 0.4) is 0 Å². The van der Waals surface area contributed by atoms with Crippen LogP contribution in [0.2, 0.25) is 0 Å². The number of aliphatic hydroxyl groups excluding tert-OH is 2. The fourth-order valence-electron chi connectivity index (χ4n) is 4.24. The summed E-state index contributed by atoms with van der Waals surface area (Å²) < 4.78 is 6.23. The predicted molar refractivity (Wildman–Crippen MR) is 83.7 cm³/mol. The Hall–Kier alpha value is -1.40. The third-order valence-electron chi connectivity index (χ3n) is 5.18. The van der Waals surface area contributed by atoms with E-state index in [1.165, 1.54) is 16.5 Å². The van der Waals surface area contributed by atoms with Gasteiger partial charge in [-0.1, -0.05) is 12.1 Å². The highest BCUT2D eigenvalue weighted by Crippen LogP contribution is 2.47. The molecule has 1 aliphatic carbocycles. The number of nitrogens with one attached hydrogen (secondary N) is 2. The Kier molecular flexibility index (Phi) is 3.46. The molecule has 1 aromatic heterocycles. The zero-order chi connectivity index (χ0) is 15.2. The molecule has 0 radical (unpaired) electrons. The molecule has 1 saturated heterocycles. The summed E-state index contributed by atoms with van der Waals surface area (Å²) in [5, 5.41) is 23.7. The summed E-state index contributed by atoms with van der Waals surface area (Å²) >= 11 is 0. The summed E-state index contributed by atoms with van der Waals surface area (Å²) in [5.41, 5.74) is 3.15.